The van der Waals surface area contributed by atoms with Crippen molar-refractivity contribution < 1.29 is 0 Å². The van der Waals surface area contributed by atoms with Gasteiger partial charge in [0.05, 0.1) is 0 Å². The summed E-state index contributed by atoms with van der Waals surface area (Å²) in [6.07, 6.45) is 0. The third kappa shape index (κ3) is 3.34. The van der Waals surface area contributed by atoms with Crippen LogP contribution in [0.2, 0.25) is 5.02 Å². The molecular formula is C16H18ClN. The highest BCUT2D eigenvalue weighted by Gasteiger charge is 2.01. The van der Waals surface area contributed by atoms with Crippen molar-refractivity contribution >= 4 is 11.6 Å². The molecular weight excluding hydrogens is 242 g/mol. The third-order valence-corrected chi connectivity index (χ3v) is 3.45. The smallest absolute Gasteiger partial charge is 0.0453 e. The van der Waals surface area contributed by atoms with Crippen LogP contribution in [-0.4, -0.2) is 0 Å². The van der Waals surface area contributed by atoms with Crippen molar-refractivity contribution in [3.8, 4) is 0 Å². The van der Waals surface area contributed by atoms with Crippen LogP contribution in [0.5, 0.6) is 0 Å². The van der Waals surface area contributed by atoms with Crippen LogP contribution in [0.1, 0.15) is 22.3 Å². The van der Waals surface area contributed by atoms with E-state index in [0.717, 1.165) is 23.7 Å². The Morgan fingerprint density at radius 2 is 1.67 bits per heavy atom. The summed E-state index contributed by atoms with van der Waals surface area (Å²) in [6.45, 7) is 5.86. The zero-order chi connectivity index (χ0) is 13.0. The van der Waals surface area contributed by atoms with E-state index in [1.54, 1.807) is 0 Å². The van der Waals surface area contributed by atoms with Crippen molar-refractivity contribution in [1.29, 1.82) is 0 Å². The molecule has 18 heavy (non-hydrogen) atoms. The molecule has 2 aromatic rings. The molecule has 0 aromatic heterocycles. The van der Waals surface area contributed by atoms with Gasteiger partial charge in [-0.1, -0.05) is 48.0 Å². The molecule has 0 saturated carbocycles. The Morgan fingerprint density at radius 1 is 0.944 bits per heavy atom. The van der Waals surface area contributed by atoms with Gasteiger partial charge in [0.15, 0.2) is 0 Å². The lowest BCUT2D eigenvalue weighted by atomic mass is 10.1. The average Bonchev–Trinajstić information content (AvgIpc) is 2.34. The van der Waals surface area contributed by atoms with E-state index in [0.29, 0.717) is 0 Å². The van der Waals surface area contributed by atoms with Gasteiger partial charge in [-0.3, -0.25) is 0 Å². The first kappa shape index (κ1) is 13.1. The molecule has 0 amide bonds. The highest BCUT2D eigenvalue weighted by molar-refractivity contribution is 6.31. The molecule has 0 fully saturated rings. The minimum Gasteiger partial charge on any atom is -0.309 e. The fourth-order valence-electron chi connectivity index (χ4n) is 1.94. The Balaban J connectivity index is 1.95. The second kappa shape index (κ2) is 6.03. The Morgan fingerprint density at radius 3 is 2.39 bits per heavy atom. The Bertz CT molecular complexity index is 534. The third-order valence-electron chi connectivity index (χ3n) is 3.10. The van der Waals surface area contributed by atoms with Gasteiger partial charge in [-0.25, -0.2) is 0 Å². The van der Waals surface area contributed by atoms with E-state index in [2.05, 4.69) is 55.6 Å². The van der Waals surface area contributed by atoms with E-state index in [9.17, 15) is 0 Å². The number of halogens is 1. The monoisotopic (exact) mass is 259 g/mol. The fourth-order valence-corrected chi connectivity index (χ4v) is 2.24. The summed E-state index contributed by atoms with van der Waals surface area (Å²) in [5, 5.41) is 4.27. The van der Waals surface area contributed by atoms with E-state index in [1.807, 2.05) is 6.07 Å². The molecule has 2 aromatic carbocycles. The Kier molecular flexibility index (Phi) is 4.40. The molecule has 0 bridgehead atoms. The topological polar surface area (TPSA) is 12.0 Å². The largest absolute Gasteiger partial charge is 0.309 e. The van der Waals surface area contributed by atoms with E-state index < -0.39 is 0 Å². The van der Waals surface area contributed by atoms with Gasteiger partial charge in [0.2, 0.25) is 0 Å². The maximum Gasteiger partial charge on any atom is 0.0453 e. The molecule has 0 radical (unpaired) electrons. The maximum absolute atomic E-state index is 6.20. The first-order valence-corrected chi connectivity index (χ1v) is 6.55. The molecule has 0 saturated heterocycles. The van der Waals surface area contributed by atoms with Gasteiger partial charge in [0, 0.05) is 18.1 Å². The van der Waals surface area contributed by atoms with E-state index in [4.69, 9.17) is 11.6 Å². The van der Waals surface area contributed by atoms with Gasteiger partial charge in [0.1, 0.15) is 0 Å². The first-order chi connectivity index (χ1) is 8.66. The first-order valence-electron chi connectivity index (χ1n) is 6.17. The molecule has 0 aliphatic rings. The highest BCUT2D eigenvalue weighted by Crippen LogP contribution is 2.17. The quantitative estimate of drug-likeness (QED) is 0.866. The van der Waals surface area contributed by atoms with Crippen LogP contribution in [0.3, 0.4) is 0 Å². The van der Waals surface area contributed by atoms with Gasteiger partial charge in [0.25, 0.3) is 0 Å². The second-order valence-electron chi connectivity index (χ2n) is 4.62. The van der Waals surface area contributed by atoms with Crippen molar-refractivity contribution in [3.05, 3.63) is 69.7 Å². The summed E-state index contributed by atoms with van der Waals surface area (Å²) in [6, 6.07) is 14.6. The van der Waals surface area contributed by atoms with Gasteiger partial charge in [-0.2, -0.15) is 0 Å². The predicted octanol–water partition coefficient (Wildman–Crippen LogP) is 4.25. The minimum atomic E-state index is 0.799. The van der Waals surface area contributed by atoms with Crippen LogP contribution in [0.25, 0.3) is 0 Å². The van der Waals surface area contributed by atoms with Gasteiger partial charge >= 0.3 is 0 Å². The van der Waals surface area contributed by atoms with Gasteiger partial charge in [-0.05, 0) is 42.2 Å². The van der Waals surface area contributed by atoms with Crippen molar-refractivity contribution in [3.63, 3.8) is 0 Å². The molecule has 0 spiro atoms. The molecule has 0 atom stereocenters. The second-order valence-corrected chi connectivity index (χ2v) is 5.03. The summed E-state index contributed by atoms with van der Waals surface area (Å²) in [5.74, 6) is 0. The van der Waals surface area contributed by atoms with Crippen molar-refractivity contribution in [2.45, 2.75) is 26.9 Å². The lowest BCUT2D eigenvalue weighted by Gasteiger charge is -2.09. The van der Waals surface area contributed by atoms with E-state index in [1.165, 1.54) is 16.7 Å². The summed E-state index contributed by atoms with van der Waals surface area (Å²) in [5.41, 5.74) is 5.00. The molecule has 0 aliphatic heterocycles. The van der Waals surface area contributed by atoms with Crippen LogP contribution < -0.4 is 5.32 Å². The number of rotatable bonds is 4. The predicted molar refractivity (Wildman–Crippen MR) is 77.9 cm³/mol. The number of hydrogen-bond acceptors (Lipinski definition) is 1. The molecule has 2 rings (SSSR count). The standard InChI is InChI=1S/C16H18ClN/c1-12-7-8-15(16(17)9-12)11-18-10-14-6-4-3-5-13(14)2/h3-9,18H,10-11H2,1-2H3. The molecule has 0 unspecified atom stereocenters. The summed E-state index contributed by atoms with van der Waals surface area (Å²) in [7, 11) is 0. The normalized spacial score (nSPS) is 10.6. The van der Waals surface area contributed by atoms with Crippen LogP contribution in [-0.2, 0) is 13.1 Å². The Labute approximate surface area is 114 Å². The fraction of sp³-hybridized carbons (Fsp3) is 0.250. The maximum atomic E-state index is 6.20. The van der Waals surface area contributed by atoms with Gasteiger partial charge in [-0.15, -0.1) is 0 Å². The zero-order valence-electron chi connectivity index (χ0n) is 10.8. The summed E-state index contributed by atoms with van der Waals surface area (Å²) < 4.78 is 0. The van der Waals surface area contributed by atoms with Crippen molar-refractivity contribution in [2.24, 2.45) is 0 Å². The minimum absolute atomic E-state index is 0.799. The molecule has 2 heteroatoms. The number of aryl methyl sites for hydroxylation is 2. The van der Waals surface area contributed by atoms with Gasteiger partial charge < -0.3 is 5.32 Å². The highest BCUT2D eigenvalue weighted by atomic mass is 35.5. The molecule has 0 heterocycles. The number of hydrogen-bond donors (Lipinski definition) is 1. The zero-order valence-corrected chi connectivity index (χ0v) is 11.6. The van der Waals surface area contributed by atoms with Crippen LogP contribution >= 0.6 is 11.6 Å². The van der Waals surface area contributed by atoms with Crippen molar-refractivity contribution in [1.82, 2.24) is 5.32 Å². The summed E-state index contributed by atoms with van der Waals surface area (Å²) in [4.78, 5) is 0. The number of benzene rings is 2. The summed E-state index contributed by atoms with van der Waals surface area (Å²) >= 11 is 6.20. The lowest BCUT2D eigenvalue weighted by molar-refractivity contribution is 0.690. The molecule has 1 nitrogen and oxygen atoms in total. The Hall–Kier alpha value is -1.31. The van der Waals surface area contributed by atoms with E-state index in [-0.39, 0.29) is 0 Å². The molecule has 1 N–H and O–H groups in total. The van der Waals surface area contributed by atoms with Crippen molar-refractivity contribution in [2.75, 3.05) is 0 Å². The lowest BCUT2D eigenvalue weighted by Crippen LogP contribution is -2.13. The SMILES string of the molecule is Cc1ccc(CNCc2ccccc2C)c(Cl)c1. The van der Waals surface area contributed by atoms with Crippen LogP contribution in [0.15, 0.2) is 42.5 Å². The number of nitrogens with one attached hydrogen (secondary N) is 1. The van der Waals surface area contributed by atoms with Crippen LogP contribution in [0, 0.1) is 13.8 Å². The average molecular weight is 260 g/mol. The van der Waals surface area contributed by atoms with Crippen LogP contribution in [0.4, 0.5) is 0 Å². The molecule has 94 valence electrons. The van der Waals surface area contributed by atoms with E-state index >= 15 is 0 Å². The molecule has 0 aliphatic carbocycles.